The van der Waals surface area contributed by atoms with E-state index in [0.29, 0.717) is 11.3 Å². The van der Waals surface area contributed by atoms with Crippen molar-refractivity contribution >= 4 is 35.1 Å². The molecule has 1 aliphatic rings. The highest BCUT2D eigenvalue weighted by atomic mass is 16.6. The summed E-state index contributed by atoms with van der Waals surface area (Å²) in [6, 6.07) is 11.7. The maximum atomic E-state index is 12.9. The molecule has 0 bridgehead atoms. The fourth-order valence-corrected chi connectivity index (χ4v) is 3.48. The van der Waals surface area contributed by atoms with E-state index in [0.717, 1.165) is 16.9 Å². The van der Waals surface area contributed by atoms with Crippen LogP contribution < -0.4 is 16.0 Å². The van der Waals surface area contributed by atoms with Gasteiger partial charge in [-0.2, -0.15) is 0 Å². The summed E-state index contributed by atoms with van der Waals surface area (Å²) < 4.78 is 0. The number of nitrogens with zero attached hydrogens (tertiary/aromatic N) is 2. The van der Waals surface area contributed by atoms with Crippen molar-refractivity contribution in [2.24, 2.45) is 0 Å². The van der Waals surface area contributed by atoms with E-state index < -0.39 is 40.8 Å². The SMILES string of the molecule is CCc1ccccc1NC(=O)CNC(=O)CN1C(=O)NC(C)(c2ccc([N+](=O)[O-])cc2)C1=O. The van der Waals surface area contributed by atoms with Crippen LogP contribution in [0.4, 0.5) is 16.2 Å². The number of benzene rings is 2. The van der Waals surface area contributed by atoms with Gasteiger partial charge in [-0.3, -0.25) is 29.4 Å². The number of carbonyl (C=O) groups excluding carboxylic acids is 4. The topological polar surface area (TPSA) is 151 Å². The average molecular weight is 453 g/mol. The molecule has 2 aromatic carbocycles. The lowest BCUT2D eigenvalue weighted by Crippen LogP contribution is -2.44. The van der Waals surface area contributed by atoms with Crippen molar-refractivity contribution in [3.8, 4) is 0 Å². The molecule has 11 nitrogen and oxygen atoms in total. The van der Waals surface area contributed by atoms with Crippen molar-refractivity contribution in [3.05, 3.63) is 69.8 Å². The molecule has 2 aromatic rings. The number of non-ortho nitro benzene ring substituents is 1. The molecular weight excluding hydrogens is 430 g/mol. The van der Waals surface area contributed by atoms with Gasteiger partial charge in [-0.25, -0.2) is 4.79 Å². The van der Waals surface area contributed by atoms with Gasteiger partial charge in [0.05, 0.1) is 11.5 Å². The third-order valence-corrected chi connectivity index (χ3v) is 5.35. The van der Waals surface area contributed by atoms with Crippen molar-refractivity contribution < 1.29 is 24.1 Å². The van der Waals surface area contributed by atoms with E-state index in [2.05, 4.69) is 16.0 Å². The molecule has 0 aliphatic carbocycles. The normalized spacial score (nSPS) is 17.5. The Bertz CT molecular complexity index is 1120. The minimum atomic E-state index is -1.48. The van der Waals surface area contributed by atoms with Crippen LogP contribution in [0.2, 0.25) is 0 Å². The Morgan fingerprint density at radius 2 is 1.76 bits per heavy atom. The van der Waals surface area contributed by atoms with Crippen LogP contribution in [-0.2, 0) is 26.3 Å². The van der Waals surface area contributed by atoms with Crippen LogP contribution in [-0.4, -0.2) is 46.7 Å². The minimum Gasteiger partial charge on any atom is -0.345 e. The fourth-order valence-electron chi connectivity index (χ4n) is 3.48. The van der Waals surface area contributed by atoms with Gasteiger partial charge >= 0.3 is 6.03 Å². The fraction of sp³-hybridized carbons (Fsp3) is 0.273. The van der Waals surface area contributed by atoms with E-state index >= 15 is 0 Å². The first-order valence-corrected chi connectivity index (χ1v) is 10.2. The maximum absolute atomic E-state index is 12.9. The highest BCUT2D eigenvalue weighted by Crippen LogP contribution is 2.29. The quantitative estimate of drug-likeness (QED) is 0.314. The Morgan fingerprint density at radius 3 is 2.39 bits per heavy atom. The Hall–Kier alpha value is -4.28. The lowest BCUT2D eigenvalue weighted by Gasteiger charge is -2.22. The van der Waals surface area contributed by atoms with E-state index in [1.165, 1.54) is 31.2 Å². The lowest BCUT2D eigenvalue weighted by atomic mass is 9.92. The smallest absolute Gasteiger partial charge is 0.325 e. The van der Waals surface area contributed by atoms with Gasteiger partial charge in [-0.1, -0.05) is 25.1 Å². The second-order valence-corrected chi connectivity index (χ2v) is 7.59. The van der Waals surface area contributed by atoms with Crippen molar-refractivity contribution in [2.45, 2.75) is 25.8 Å². The van der Waals surface area contributed by atoms with Gasteiger partial charge in [-0.05, 0) is 42.7 Å². The van der Waals surface area contributed by atoms with E-state index in [-0.39, 0.29) is 12.2 Å². The average Bonchev–Trinajstić information content (AvgIpc) is 3.02. The van der Waals surface area contributed by atoms with Crippen LogP contribution >= 0.6 is 0 Å². The van der Waals surface area contributed by atoms with Gasteiger partial charge in [0, 0.05) is 17.8 Å². The number of hydrogen-bond donors (Lipinski definition) is 3. The number of amides is 5. The minimum absolute atomic E-state index is 0.157. The molecule has 172 valence electrons. The second kappa shape index (κ2) is 9.47. The highest BCUT2D eigenvalue weighted by molar-refractivity contribution is 6.09. The Balaban J connectivity index is 1.59. The predicted molar refractivity (Wildman–Crippen MR) is 118 cm³/mol. The van der Waals surface area contributed by atoms with Gasteiger partial charge in [0.1, 0.15) is 12.1 Å². The number of para-hydroxylation sites is 1. The molecule has 3 rings (SSSR count). The lowest BCUT2D eigenvalue weighted by molar-refractivity contribution is -0.384. The Labute approximate surface area is 189 Å². The van der Waals surface area contributed by atoms with Gasteiger partial charge < -0.3 is 16.0 Å². The molecule has 3 N–H and O–H groups in total. The molecule has 0 spiro atoms. The maximum Gasteiger partial charge on any atom is 0.325 e. The van der Waals surface area contributed by atoms with Crippen molar-refractivity contribution in [1.29, 1.82) is 0 Å². The van der Waals surface area contributed by atoms with Crippen molar-refractivity contribution in [2.75, 3.05) is 18.4 Å². The van der Waals surface area contributed by atoms with Crippen LogP contribution in [0.25, 0.3) is 0 Å². The summed E-state index contributed by atoms with van der Waals surface area (Å²) in [4.78, 5) is 60.7. The number of hydrogen-bond acceptors (Lipinski definition) is 6. The molecule has 33 heavy (non-hydrogen) atoms. The first-order chi connectivity index (χ1) is 15.7. The summed E-state index contributed by atoms with van der Waals surface area (Å²) in [6.07, 6.45) is 0.725. The third-order valence-electron chi connectivity index (χ3n) is 5.35. The summed E-state index contributed by atoms with van der Waals surface area (Å²) in [7, 11) is 0. The van der Waals surface area contributed by atoms with Gasteiger partial charge in [-0.15, -0.1) is 0 Å². The van der Waals surface area contributed by atoms with Crippen LogP contribution in [0.3, 0.4) is 0 Å². The molecule has 0 radical (unpaired) electrons. The highest BCUT2D eigenvalue weighted by Gasteiger charge is 2.49. The monoisotopic (exact) mass is 453 g/mol. The van der Waals surface area contributed by atoms with Gasteiger partial charge in [0.25, 0.3) is 11.6 Å². The number of anilines is 1. The number of imide groups is 1. The summed E-state index contributed by atoms with van der Waals surface area (Å²) in [6.45, 7) is 2.49. The Morgan fingerprint density at radius 1 is 1.09 bits per heavy atom. The van der Waals surface area contributed by atoms with E-state index in [9.17, 15) is 29.3 Å². The molecule has 11 heteroatoms. The van der Waals surface area contributed by atoms with Crippen LogP contribution in [0.5, 0.6) is 0 Å². The first-order valence-electron chi connectivity index (χ1n) is 10.2. The molecule has 1 aliphatic heterocycles. The molecule has 1 fully saturated rings. The predicted octanol–water partition coefficient (Wildman–Crippen LogP) is 1.68. The van der Waals surface area contributed by atoms with Crippen molar-refractivity contribution in [1.82, 2.24) is 15.5 Å². The summed E-state index contributed by atoms with van der Waals surface area (Å²) in [5.74, 6) is -1.82. The zero-order valence-electron chi connectivity index (χ0n) is 18.1. The van der Waals surface area contributed by atoms with E-state index in [1.807, 2.05) is 19.1 Å². The molecule has 1 unspecified atom stereocenters. The summed E-state index contributed by atoms with van der Waals surface area (Å²) in [5.41, 5.74) is 0.293. The number of nitrogens with one attached hydrogen (secondary N) is 3. The zero-order valence-corrected chi connectivity index (χ0v) is 18.1. The third kappa shape index (κ3) is 4.97. The molecule has 1 heterocycles. The zero-order chi connectivity index (χ0) is 24.2. The molecule has 1 saturated heterocycles. The molecular formula is C22H23N5O6. The molecule has 0 saturated carbocycles. The molecule has 1 atom stereocenters. The number of nitro groups is 1. The van der Waals surface area contributed by atoms with E-state index in [4.69, 9.17) is 0 Å². The van der Waals surface area contributed by atoms with Gasteiger partial charge in [0.2, 0.25) is 11.8 Å². The number of nitro benzene ring substituents is 1. The van der Waals surface area contributed by atoms with Crippen LogP contribution in [0.15, 0.2) is 48.5 Å². The second-order valence-electron chi connectivity index (χ2n) is 7.59. The summed E-state index contributed by atoms with van der Waals surface area (Å²) in [5, 5.41) is 18.5. The number of urea groups is 1. The van der Waals surface area contributed by atoms with Gasteiger partial charge in [0.15, 0.2) is 0 Å². The number of carbonyl (C=O) groups is 4. The first kappa shape index (κ1) is 23.4. The number of rotatable bonds is 8. The molecule has 5 amide bonds. The largest absolute Gasteiger partial charge is 0.345 e. The van der Waals surface area contributed by atoms with Crippen LogP contribution in [0.1, 0.15) is 25.0 Å². The molecule has 0 aromatic heterocycles. The van der Waals surface area contributed by atoms with Crippen molar-refractivity contribution in [3.63, 3.8) is 0 Å². The van der Waals surface area contributed by atoms with E-state index in [1.54, 1.807) is 12.1 Å². The number of aryl methyl sites for hydroxylation is 1. The standard InChI is InChI=1S/C22H23N5O6/c1-3-14-6-4-5-7-17(14)24-18(28)12-23-19(29)13-26-20(30)22(2,25-21(26)31)15-8-10-16(11-9-15)27(32)33/h4-11H,3,12-13H2,1-2H3,(H,23,29)(H,24,28)(H,25,31). The Kier molecular flexibility index (Phi) is 6.71. The van der Waals surface area contributed by atoms with Crippen LogP contribution in [0, 0.1) is 10.1 Å². The summed E-state index contributed by atoms with van der Waals surface area (Å²) >= 11 is 0.